The van der Waals surface area contributed by atoms with Crippen LogP contribution in [0, 0.1) is 16.7 Å². The van der Waals surface area contributed by atoms with Crippen molar-refractivity contribution in [3.05, 3.63) is 0 Å². The van der Waals surface area contributed by atoms with Crippen molar-refractivity contribution in [3.8, 4) is 0 Å². The van der Waals surface area contributed by atoms with Gasteiger partial charge in [0.1, 0.15) is 0 Å². The van der Waals surface area contributed by atoms with Crippen LogP contribution in [0.3, 0.4) is 0 Å². The van der Waals surface area contributed by atoms with Gasteiger partial charge in [-0.2, -0.15) is 0 Å². The molecule has 14 heavy (non-hydrogen) atoms. The first kappa shape index (κ1) is 10.5. The highest BCUT2D eigenvalue weighted by Gasteiger charge is 2.46. The van der Waals surface area contributed by atoms with Gasteiger partial charge >= 0.3 is 0 Å². The average Bonchev–Trinajstić information content (AvgIpc) is 1.98. The van der Waals surface area contributed by atoms with Gasteiger partial charge in [-0.05, 0) is 43.1 Å². The Labute approximate surface area is 88.9 Å². The molecule has 2 atom stereocenters. The number of piperidine rings is 1. The van der Waals surface area contributed by atoms with Crippen LogP contribution >= 0.6 is 0 Å². The highest BCUT2D eigenvalue weighted by Crippen LogP contribution is 2.50. The number of nitrogens with zero attached hydrogens (tertiary/aromatic N) is 1. The molecular weight excluding hydrogens is 170 g/mol. The van der Waals surface area contributed by atoms with Crippen LogP contribution in [0.4, 0.5) is 0 Å². The van der Waals surface area contributed by atoms with Crippen molar-refractivity contribution in [2.45, 2.75) is 53.0 Å². The van der Waals surface area contributed by atoms with E-state index in [1.807, 2.05) is 0 Å². The Morgan fingerprint density at radius 3 is 2.36 bits per heavy atom. The Morgan fingerprint density at radius 1 is 1.07 bits per heavy atom. The molecule has 2 unspecified atom stereocenters. The highest BCUT2D eigenvalue weighted by molar-refractivity contribution is 4.98. The van der Waals surface area contributed by atoms with Gasteiger partial charge in [-0.1, -0.05) is 27.7 Å². The van der Waals surface area contributed by atoms with E-state index in [-0.39, 0.29) is 0 Å². The summed E-state index contributed by atoms with van der Waals surface area (Å²) in [5.74, 6) is 0.951. The maximum absolute atomic E-state index is 2.59. The third kappa shape index (κ3) is 1.71. The summed E-state index contributed by atoms with van der Waals surface area (Å²) in [5, 5.41) is 0. The van der Waals surface area contributed by atoms with Gasteiger partial charge in [-0.3, -0.25) is 0 Å². The second-order valence-corrected chi connectivity index (χ2v) is 7.06. The molecule has 1 saturated heterocycles. The number of hydrogen-bond donors (Lipinski definition) is 0. The van der Waals surface area contributed by atoms with Crippen LogP contribution in [0.25, 0.3) is 0 Å². The first-order valence-electron chi connectivity index (χ1n) is 6.00. The van der Waals surface area contributed by atoms with E-state index < -0.39 is 0 Å². The number of rotatable bonds is 0. The van der Waals surface area contributed by atoms with Crippen LogP contribution in [0.2, 0.25) is 0 Å². The summed E-state index contributed by atoms with van der Waals surface area (Å²) in [6.07, 6.45) is 4.27. The predicted molar refractivity (Wildman–Crippen MR) is 61.3 cm³/mol. The van der Waals surface area contributed by atoms with Crippen molar-refractivity contribution in [2.75, 3.05) is 13.6 Å². The molecule has 1 aliphatic heterocycles. The summed E-state index contributed by atoms with van der Waals surface area (Å²) < 4.78 is 0. The molecule has 1 aliphatic carbocycles. The zero-order valence-corrected chi connectivity index (χ0v) is 10.4. The van der Waals surface area contributed by atoms with E-state index in [1.165, 1.54) is 25.8 Å². The van der Waals surface area contributed by atoms with Crippen molar-refractivity contribution in [1.29, 1.82) is 0 Å². The van der Waals surface area contributed by atoms with Crippen molar-refractivity contribution < 1.29 is 0 Å². The number of fused-ring (bicyclic) bond motifs is 2. The smallest absolute Gasteiger partial charge is 0.0100 e. The molecule has 0 amide bonds. The van der Waals surface area contributed by atoms with E-state index in [0.717, 1.165) is 12.0 Å². The van der Waals surface area contributed by atoms with Gasteiger partial charge in [0, 0.05) is 12.6 Å². The third-order valence-corrected chi connectivity index (χ3v) is 4.53. The molecular formula is C13H25N. The molecule has 1 saturated carbocycles. The summed E-state index contributed by atoms with van der Waals surface area (Å²) in [6.45, 7) is 11.1. The molecule has 2 aliphatic rings. The second kappa shape index (κ2) is 2.98. The van der Waals surface area contributed by atoms with Crippen molar-refractivity contribution in [1.82, 2.24) is 4.90 Å². The van der Waals surface area contributed by atoms with Crippen molar-refractivity contribution in [3.63, 3.8) is 0 Å². The van der Waals surface area contributed by atoms with E-state index in [0.29, 0.717) is 10.8 Å². The normalized spacial score (nSPS) is 40.9. The molecule has 1 nitrogen and oxygen atoms in total. The number of hydrogen-bond acceptors (Lipinski definition) is 1. The molecule has 0 radical (unpaired) electrons. The minimum absolute atomic E-state index is 0.531. The minimum Gasteiger partial charge on any atom is -0.303 e. The van der Waals surface area contributed by atoms with Gasteiger partial charge in [0.05, 0.1) is 0 Å². The molecule has 0 spiro atoms. The Hall–Kier alpha value is -0.0400. The van der Waals surface area contributed by atoms with Crippen molar-refractivity contribution >= 4 is 0 Å². The lowest BCUT2D eigenvalue weighted by Crippen LogP contribution is -2.54. The van der Waals surface area contributed by atoms with Gasteiger partial charge in [0.15, 0.2) is 0 Å². The summed E-state index contributed by atoms with van der Waals surface area (Å²) in [5.41, 5.74) is 1.10. The monoisotopic (exact) mass is 195 g/mol. The first-order valence-corrected chi connectivity index (χ1v) is 6.00. The Balaban J connectivity index is 2.22. The fraction of sp³-hybridized carbons (Fsp3) is 1.00. The van der Waals surface area contributed by atoms with Gasteiger partial charge in [0.25, 0.3) is 0 Å². The molecule has 0 N–H and O–H groups in total. The zero-order valence-electron chi connectivity index (χ0n) is 10.4. The molecule has 1 heterocycles. The predicted octanol–water partition coefficient (Wildman–Crippen LogP) is 3.15. The van der Waals surface area contributed by atoms with Crippen LogP contribution in [-0.4, -0.2) is 24.5 Å². The SMILES string of the molecule is CN1CC(C)(C)C2CC1CC(C)(C)C2. The van der Waals surface area contributed by atoms with Crippen LogP contribution in [-0.2, 0) is 0 Å². The lowest BCUT2D eigenvalue weighted by molar-refractivity contribution is -0.0477. The Kier molecular flexibility index (Phi) is 2.23. The third-order valence-electron chi connectivity index (χ3n) is 4.53. The first-order chi connectivity index (χ1) is 6.30. The molecule has 82 valence electrons. The van der Waals surface area contributed by atoms with Gasteiger partial charge in [0.2, 0.25) is 0 Å². The van der Waals surface area contributed by atoms with Crippen LogP contribution in [0.5, 0.6) is 0 Å². The lowest BCUT2D eigenvalue weighted by Gasteiger charge is -2.55. The maximum Gasteiger partial charge on any atom is 0.0100 e. The van der Waals surface area contributed by atoms with Crippen molar-refractivity contribution in [2.24, 2.45) is 16.7 Å². The largest absolute Gasteiger partial charge is 0.303 e. The minimum atomic E-state index is 0.531. The van der Waals surface area contributed by atoms with Gasteiger partial charge in [-0.15, -0.1) is 0 Å². The quantitative estimate of drug-likeness (QED) is 0.574. The molecule has 2 bridgehead atoms. The van der Waals surface area contributed by atoms with Crippen LogP contribution in [0.1, 0.15) is 47.0 Å². The molecule has 0 aromatic heterocycles. The standard InChI is InChI=1S/C13H25N/c1-12(2)7-10-6-11(8-12)14(5)9-13(10,3)4/h10-11H,6-9H2,1-5H3. The van der Waals surface area contributed by atoms with Crippen LogP contribution < -0.4 is 0 Å². The summed E-state index contributed by atoms with van der Waals surface area (Å²) in [4.78, 5) is 2.59. The average molecular weight is 195 g/mol. The molecule has 1 heteroatoms. The summed E-state index contributed by atoms with van der Waals surface area (Å²) in [6, 6.07) is 0.858. The lowest BCUT2D eigenvalue weighted by atomic mass is 9.59. The van der Waals surface area contributed by atoms with Crippen LogP contribution in [0.15, 0.2) is 0 Å². The highest BCUT2D eigenvalue weighted by atomic mass is 15.2. The maximum atomic E-state index is 2.59. The summed E-state index contributed by atoms with van der Waals surface area (Å²) >= 11 is 0. The molecule has 0 aromatic carbocycles. The summed E-state index contributed by atoms with van der Waals surface area (Å²) in [7, 11) is 2.31. The van der Waals surface area contributed by atoms with Gasteiger partial charge < -0.3 is 4.90 Å². The number of likely N-dealkylation sites (tertiary alicyclic amines) is 1. The van der Waals surface area contributed by atoms with E-state index in [9.17, 15) is 0 Å². The second-order valence-electron chi connectivity index (χ2n) is 7.06. The zero-order chi connectivity index (χ0) is 10.6. The van der Waals surface area contributed by atoms with E-state index in [4.69, 9.17) is 0 Å². The Morgan fingerprint density at radius 2 is 1.71 bits per heavy atom. The molecule has 0 aromatic rings. The molecule has 2 rings (SSSR count). The van der Waals surface area contributed by atoms with E-state index in [2.05, 4.69) is 39.6 Å². The Bertz CT molecular complexity index is 229. The topological polar surface area (TPSA) is 3.24 Å². The van der Waals surface area contributed by atoms with E-state index in [1.54, 1.807) is 0 Å². The molecule has 2 fully saturated rings. The fourth-order valence-electron chi connectivity index (χ4n) is 3.72. The van der Waals surface area contributed by atoms with E-state index >= 15 is 0 Å². The fourth-order valence-corrected chi connectivity index (χ4v) is 3.72. The van der Waals surface area contributed by atoms with Gasteiger partial charge in [-0.25, -0.2) is 0 Å².